The number of hydrogen-bond donors (Lipinski definition) is 0. The number of piperazine rings is 1. The Kier molecular flexibility index (Phi) is 5.46. The van der Waals surface area contributed by atoms with Gasteiger partial charge in [-0.05, 0) is 32.8 Å². The Labute approximate surface area is 134 Å². The lowest BCUT2D eigenvalue weighted by atomic mass is 10.1. The van der Waals surface area contributed by atoms with Crippen LogP contribution in [0, 0.1) is 0 Å². The molecular formula is C18H28N2O2. The zero-order valence-corrected chi connectivity index (χ0v) is 14.2. The molecule has 1 atom stereocenters. The Bertz CT molecular complexity index is 482. The molecule has 122 valence electrons. The standard InChI is InChI=1S/C18H28N2O2/c1-5-16-14-20(17(21)22-18(2,3)4)12-11-19(16)13-15-9-7-6-8-10-15/h6-10,16H,5,11-14H2,1-4H3/t16-/m0/s1. The van der Waals surface area contributed by atoms with E-state index in [1.807, 2.05) is 31.7 Å². The van der Waals surface area contributed by atoms with Crippen molar-refractivity contribution in [3.8, 4) is 0 Å². The van der Waals surface area contributed by atoms with Crippen molar-refractivity contribution in [1.29, 1.82) is 0 Å². The highest BCUT2D eigenvalue weighted by atomic mass is 16.6. The SMILES string of the molecule is CC[C@H]1CN(C(=O)OC(C)(C)C)CCN1Cc1ccccc1. The molecule has 1 aliphatic rings. The molecule has 1 heterocycles. The summed E-state index contributed by atoms with van der Waals surface area (Å²) in [4.78, 5) is 16.5. The second-order valence-electron chi connectivity index (χ2n) is 6.94. The molecule has 0 aromatic heterocycles. The van der Waals surface area contributed by atoms with E-state index in [9.17, 15) is 4.79 Å². The molecule has 2 rings (SSSR count). The van der Waals surface area contributed by atoms with Gasteiger partial charge in [0.2, 0.25) is 0 Å². The maximum atomic E-state index is 12.2. The Morgan fingerprint density at radius 3 is 2.50 bits per heavy atom. The summed E-state index contributed by atoms with van der Waals surface area (Å²) in [6, 6.07) is 10.9. The molecule has 1 aromatic carbocycles. The van der Waals surface area contributed by atoms with Crippen molar-refractivity contribution in [2.45, 2.75) is 52.3 Å². The van der Waals surface area contributed by atoms with Gasteiger partial charge < -0.3 is 9.64 Å². The number of rotatable bonds is 3. The molecule has 22 heavy (non-hydrogen) atoms. The van der Waals surface area contributed by atoms with Gasteiger partial charge in [-0.3, -0.25) is 4.90 Å². The van der Waals surface area contributed by atoms with E-state index in [1.54, 1.807) is 0 Å². The number of ether oxygens (including phenoxy) is 1. The lowest BCUT2D eigenvalue weighted by molar-refractivity contribution is 0.00193. The van der Waals surface area contributed by atoms with Gasteiger partial charge in [0.05, 0.1) is 0 Å². The largest absolute Gasteiger partial charge is 0.444 e. The predicted octanol–water partition coefficient (Wildman–Crippen LogP) is 3.52. The third-order valence-corrected chi connectivity index (χ3v) is 3.96. The van der Waals surface area contributed by atoms with Crippen molar-refractivity contribution >= 4 is 6.09 Å². The summed E-state index contributed by atoms with van der Waals surface area (Å²) in [6.45, 7) is 11.2. The fraction of sp³-hybridized carbons (Fsp3) is 0.611. The van der Waals surface area contributed by atoms with Gasteiger partial charge >= 0.3 is 6.09 Å². The number of hydrogen-bond acceptors (Lipinski definition) is 3. The fourth-order valence-electron chi connectivity index (χ4n) is 2.80. The molecule has 0 saturated carbocycles. The lowest BCUT2D eigenvalue weighted by Crippen LogP contribution is -2.54. The van der Waals surface area contributed by atoms with Gasteiger partial charge in [0.25, 0.3) is 0 Å². The quantitative estimate of drug-likeness (QED) is 0.856. The second kappa shape index (κ2) is 7.14. The van der Waals surface area contributed by atoms with Crippen molar-refractivity contribution in [2.75, 3.05) is 19.6 Å². The second-order valence-corrected chi connectivity index (χ2v) is 6.94. The van der Waals surface area contributed by atoms with Gasteiger partial charge in [-0.2, -0.15) is 0 Å². The highest BCUT2D eigenvalue weighted by Crippen LogP contribution is 2.18. The summed E-state index contributed by atoms with van der Waals surface area (Å²) >= 11 is 0. The van der Waals surface area contributed by atoms with Crippen molar-refractivity contribution in [1.82, 2.24) is 9.80 Å². The number of amides is 1. The van der Waals surface area contributed by atoms with Crippen molar-refractivity contribution in [2.24, 2.45) is 0 Å². The van der Waals surface area contributed by atoms with E-state index in [-0.39, 0.29) is 6.09 Å². The van der Waals surface area contributed by atoms with Crippen LogP contribution in [0.25, 0.3) is 0 Å². The van der Waals surface area contributed by atoms with Crippen LogP contribution in [0.1, 0.15) is 39.7 Å². The first-order chi connectivity index (χ1) is 10.4. The first-order valence-electron chi connectivity index (χ1n) is 8.15. The fourth-order valence-corrected chi connectivity index (χ4v) is 2.80. The minimum atomic E-state index is -0.431. The highest BCUT2D eigenvalue weighted by Gasteiger charge is 2.30. The Morgan fingerprint density at radius 1 is 1.23 bits per heavy atom. The van der Waals surface area contributed by atoms with Crippen LogP contribution in [0.3, 0.4) is 0 Å². The third-order valence-electron chi connectivity index (χ3n) is 3.96. The van der Waals surface area contributed by atoms with E-state index in [1.165, 1.54) is 5.56 Å². The van der Waals surface area contributed by atoms with Gasteiger partial charge in [0.1, 0.15) is 5.60 Å². The van der Waals surface area contributed by atoms with E-state index in [0.29, 0.717) is 6.04 Å². The maximum Gasteiger partial charge on any atom is 0.410 e. The zero-order chi connectivity index (χ0) is 16.2. The van der Waals surface area contributed by atoms with Gasteiger partial charge in [-0.1, -0.05) is 37.3 Å². The van der Waals surface area contributed by atoms with Crippen molar-refractivity contribution < 1.29 is 9.53 Å². The minimum absolute atomic E-state index is 0.190. The molecule has 1 aliphatic heterocycles. The minimum Gasteiger partial charge on any atom is -0.444 e. The molecule has 0 unspecified atom stereocenters. The summed E-state index contributed by atoms with van der Waals surface area (Å²) in [5.41, 5.74) is 0.895. The van der Waals surface area contributed by atoms with E-state index >= 15 is 0 Å². The maximum absolute atomic E-state index is 12.2. The predicted molar refractivity (Wildman–Crippen MR) is 88.7 cm³/mol. The van der Waals surface area contributed by atoms with Crippen LogP contribution in [0.15, 0.2) is 30.3 Å². The molecular weight excluding hydrogens is 276 g/mol. The molecule has 4 heteroatoms. The zero-order valence-electron chi connectivity index (χ0n) is 14.2. The van der Waals surface area contributed by atoms with E-state index in [2.05, 4.69) is 36.1 Å². The summed E-state index contributed by atoms with van der Waals surface area (Å²) in [6.07, 6.45) is 0.844. The molecule has 1 amide bonds. The molecule has 1 saturated heterocycles. The molecule has 0 N–H and O–H groups in total. The van der Waals surface area contributed by atoms with Crippen LogP contribution in [-0.2, 0) is 11.3 Å². The molecule has 0 aliphatic carbocycles. The molecule has 1 fully saturated rings. The van der Waals surface area contributed by atoms with Gasteiger partial charge in [0.15, 0.2) is 0 Å². The third kappa shape index (κ3) is 4.73. The Hall–Kier alpha value is -1.55. The molecule has 1 aromatic rings. The van der Waals surface area contributed by atoms with Gasteiger partial charge in [-0.15, -0.1) is 0 Å². The lowest BCUT2D eigenvalue weighted by Gasteiger charge is -2.41. The number of nitrogens with zero attached hydrogens (tertiary/aromatic N) is 2. The van der Waals surface area contributed by atoms with Crippen molar-refractivity contribution in [3.63, 3.8) is 0 Å². The van der Waals surface area contributed by atoms with Gasteiger partial charge in [0, 0.05) is 32.2 Å². The van der Waals surface area contributed by atoms with Crippen LogP contribution < -0.4 is 0 Å². The van der Waals surface area contributed by atoms with Crippen molar-refractivity contribution in [3.05, 3.63) is 35.9 Å². The molecule has 0 radical (unpaired) electrons. The number of carbonyl (C=O) groups excluding carboxylic acids is 1. The summed E-state index contributed by atoms with van der Waals surface area (Å²) < 4.78 is 5.49. The number of benzene rings is 1. The summed E-state index contributed by atoms with van der Waals surface area (Å²) in [5, 5.41) is 0. The first kappa shape index (κ1) is 16.8. The van der Waals surface area contributed by atoms with E-state index < -0.39 is 5.60 Å². The average Bonchev–Trinajstić information content (AvgIpc) is 2.47. The summed E-state index contributed by atoms with van der Waals surface area (Å²) in [7, 11) is 0. The average molecular weight is 304 g/mol. The van der Waals surface area contributed by atoms with Crippen LogP contribution >= 0.6 is 0 Å². The number of carbonyl (C=O) groups is 1. The summed E-state index contributed by atoms with van der Waals surface area (Å²) in [5.74, 6) is 0. The Morgan fingerprint density at radius 2 is 1.91 bits per heavy atom. The normalized spacial score (nSPS) is 20.0. The Balaban J connectivity index is 1.95. The topological polar surface area (TPSA) is 32.8 Å². The van der Waals surface area contributed by atoms with Gasteiger partial charge in [-0.25, -0.2) is 4.79 Å². The van der Waals surface area contributed by atoms with Crippen LogP contribution in [0.5, 0.6) is 0 Å². The van der Waals surface area contributed by atoms with Crippen LogP contribution in [-0.4, -0.2) is 47.2 Å². The monoisotopic (exact) mass is 304 g/mol. The first-order valence-corrected chi connectivity index (χ1v) is 8.15. The van der Waals surface area contributed by atoms with Crippen LogP contribution in [0.2, 0.25) is 0 Å². The van der Waals surface area contributed by atoms with E-state index in [0.717, 1.165) is 32.6 Å². The molecule has 4 nitrogen and oxygen atoms in total. The van der Waals surface area contributed by atoms with Crippen LogP contribution in [0.4, 0.5) is 4.79 Å². The molecule has 0 spiro atoms. The smallest absolute Gasteiger partial charge is 0.410 e. The molecule has 0 bridgehead atoms. The highest BCUT2D eigenvalue weighted by molar-refractivity contribution is 5.68. The van der Waals surface area contributed by atoms with E-state index in [4.69, 9.17) is 4.74 Å².